The molecule has 0 fully saturated rings. The maximum atomic E-state index is 11.6. The lowest BCUT2D eigenvalue weighted by Gasteiger charge is -2.10. The summed E-state index contributed by atoms with van der Waals surface area (Å²) in [6.45, 7) is 5.54. The first kappa shape index (κ1) is 15.2. The van der Waals surface area contributed by atoms with Crippen LogP contribution in [0.5, 0.6) is 0 Å². The minimum atomic E-state index is -0.175. The topological polar surface area (TPSA) is 58.6 Å². The molecule has 0 aliphatic heterocycles. The number of nitrogens with one attached hydrogen (secondary N) is 1. The standard InChI is InChI=1S/C15H19NO3/c1-11(2)19-10-15(18)16-14-7-6-13(5-4-8-17)9-12(14)3/h6-7,9,11,17H,8,10H2,1-3H3,(H,16,18). The summed E-state index contributed by atoms with van der Waals surface area (Å²) in [6.07, 6.45) is 0.0305. The predicted molar refractivity (Wildman–Crippen MR) is 74.9 cm³/mol. The molecule has 0 heterocycles. The highest BCUT2D eigenvalue weighted by atomic mass is 16.5. The zero-order valence-electron chi connectivity index (χ0n) is 11.5. The number of rotatable bonds is 4. The fraction of sp³-hybridized carbons (Fsp3) is 0.400. The summed E-state index contributed by atoms with van der Waals surface area (Å²) in [5.74, 6) is 5.23. The van der Waals surface area contributed by atoms with Gasteiger partial charge in [-0.05, 0) is 44.5 Å². The zero-order chi connectivity index (χ0) is 14.3. The highest BCUT2D eigenvalue weighted by molar-refractivity contribution is 5.92. The van der Waals surface area contributed by atoms with Gasteiger partial charge in [0.2, 0.25) is 5.91 Å². The molecule has 0 atom stereocenters. The van der Waals surface area contributed by atoms with Gasteiger partial charge in [-0.15, -0.1) is 0 Å². The van der Waals surface area contributed by atoms with Gasteiger partial charge in [-0.2, -0.15) is 0 Å². The van der Waals surface area contributed by atoms with Gasteiger partial charge in [-0.1, -0.05) is 11.8 Å². The molecule has 0 aliphatic rings. The first-order valence-electron chi connectivity index (χ1n) is 6.14. The number of benzene rings is 1. The molecular weight excluding hydrogens is 242 g/mol. The fourth-order valence-electron chi connectivity index (χ4n) is 1.45. The predicted octanol–water partition coefficient (Wildman–Crippen LogP) is 1.70. The molecule has 0 radical (unpaired) electrons. The van der Waals surface area contributed by atoms with Crippen molar-refractivity contribution in [2.24, 2.45) is 0 Å². The van der Waals surface area contributed by atoms with E-state index in [1.165, 1.54) is 0 Å². The quantitative estimate of drug-likeness (QED) is 0.811. The van der Waals surface area contributed by atoms with Crippen molar-refractivity contribution in [3.8, 4) is 11.8 Å². The molecule has 4 heteroatoms. The molecule has 0 aliphatic carbocycles. The molecule has 4 nitrogen and oxygen atoms in total. The van der Waals surface area contributed by atoms with E-state index < -0.39 is 0 Å². The van der Waals surface area contributed by atoms with Crippen LogP contribution in [0.25, 0.3) is 0 Å². The second kappa shape index (κ2) is 7.57. The molecule has 1 aromatic carbocycles. The van der Waals surface area contributed by atoms with Crippen molar-refractivity contribution in [3.05, 3.63) is 29.3 Å². The Morgan fingerprint density at radius 3 is 2.79 bits per heavy atom. The number of ether oxygens (including phenoxy) is 1. The van der Waals surface area contributed by atoms with Gasteiger partial charge in [-0.3, -0.25) is 4.79 Å². The third kappa shape index (κ3) is 5.56. The van der Waals surface area contributed by atoms with E-state index in [0.717, 1.165) is 16.8 Å². The molecular formula is C15H19NO3. The number of amides is 1. The average Bonchev–Trinajstić information content (AvgIpc) is 2.37. The van der Waals surface area contributed by atoms with Crippen LogP contribution in [0.2, 0.25) is 0 Å². The Morgan fingerprint density at radius 1 is 1.47 bits per heavy atom. The van der Waals surface area contributed by atoms with Crippen molar-refractivity contribution in [2.75, 3.05) is 18.5 Å². The maximum Gasteiger partial charge on any atom is 0.250 e. The van der Waals surface area contributed by atoms with Crippen LogP contribution < -0.4 is 5.32 Å². The lowest BCUT2D eigenvalue weighted by molar-refractivity contribution is -0.121. The molecule has 0 bridgehead atoms. The smallest absolute Gasteiger partial charge is 0.250 e. The summed E-state index contributed by atoms with van der Waals surface area (Å²) in [7, 11) is 0. The number of carbonyl (C=O) groups excluding carboxylic acids is 1. The first-order valence-corrected chi connectivity index (χ1v) is 6.14. The van der Waals surface area contributed by atoms with Crippen LogP contribution in [0.1, 0.15) is 25.0 Å². The number of hydrogen-bond acceptors (Lipinski definition) is 3. The van der Waals surface area contributed by atoms with Crippen LogP contribution >= 0.6 is 0 Å². The molecule has 1 amide bonds. The van der Waals surface area contributed by atoms with Crippen LogP contribution in [-0.2, 0) is 9.53 Å². The fourth-order valence-corrected chi connectivity index (χ4v) is 1.45. The van der Waals surface area contributed by atoms with Crippen LogP contribution in [0, 0.1) is 18.8 Å². The van der Waals surface area contributed by atoms with Crippen LogP contribution in [0.15, 0.2) is 18.2 Å². The van der Waals surface area contributed by atoms with Gasteiger partial charge in [0.1, 0.15) is 13.2 Å². The van der Waals surface area contributed by atoms with Gasteiger partial charge in [0, 0.05) is 11.3 Å². The SMILES string of the molecule is Cc1cc(C#CCO)ccc1NC(=O)COC(C)C. The Labute approximate surface area is 113 Å². The third-order valence-electron chi connectivity index (χ3n) is 2.36. The summed E-state index contributed by atoms with van der Waals surface area (Å²) in [4.78, 5) is 11.6. The summed E-state index contributed by atoms with van der Waals surface area (Å²) in [5, 5.41) is 11.4. The molecule has 2 N–H and O–H groups in total. The molecule has 0 saturated heterocycles. The summed E-state index contributed by atoms with van der Waals surface area (Å²) in [5.41, 5.74) is 2.47. The first-order chi connectivity index (χ1) is 9.02. The minimum absolute atomic E-state index is 0.0305. The monoisotopic (exact) mass is 261 g/mol. The highest BCUT2D eigenvalue weighted by Gasteiger charge is 2.06. The molecule has 1 aromatic rings. The van der Waals surface area contributed by atoms with E-state index in [0.29, 0.717) is 0 Å². The molecule has 1 rings (SSSR count). The van der Waals surface area contributed by atoms with Crippen molar-refractivity contribution in [1.29, 1.82) is 0 Å². The molecule has 0 aromatic heterocycles. The Morgan fingerprint density at radius 2 is 2.21 bits per heavy atom. The van der Waals surface area contributed by atoms with E-state index in [1.54, 1.807) is 12.1 Å². The number of carbonyl (C=O) groups is 1. The van der Waals surface area contributed by atoms with Crippen LogP contribution in [0.4, 0.5) is 5.69 Å². The van der Waals surface area contributed by atoms with E-state index in [2.05, 4.69) is 17.2 Å². The maximum absolute atomic E-state index is 11.6. The van der Waals surface area contributed by atoms with Crippen molar-refractivity contribution in [2.45, 2.75) is 26.9 Å². The molecule has 0 unspecified atom stereocenters. The Hall–Kier alpha value is -1.83. The molecule has 102 valence electrons. The summed E-state index contributed by atoms with van der Waals surface area (Å²) < 4.78 is 5.23. The second-order valence-electron chi connectivity index (χ2n) is 4.40. The molecule has 0 saturated carbocycles. The van der Waals surface area contributed by atoms with Gasteiger partial charge in [0.15, 0.2) is 0 Å². The Balaban J connectivity index is 2.67. The van der Waals surface area contributed by atoms with Gasteiger partial charge >= 0.3 is 0 Å². The van der Waals surface area contributed by atoms with Crippen molar-refractivity contribution < 1.29 is 14.6 Å². The highest BCUT2D eigenvalue weighted by Crippen LogP contribution is 2.16. The number of anilines is 1. The summed E-state index contributed by atoms with van der Waals surface area (Å²) in [6, 6.07) is 5.46. The van der Waals surface area contributed by atoms with Crippen molar-refractivity contribution in [3.63, 3.8) is 0 Å². The average molecular weight is 261 g/mol. The normalized spacial score (nSPS) is 9.95. The van der Waals surface area contributed by atoms with E-state index >= 15 is 0 Å². The molecule has 19 heavy (non-hydrogen) atoms. The van der Waals surface area contributed by atoms with Crippen LogP contribution in [0.3, 0.4) is 0 Å². The Bertz CT molecular complexity index is 498. The van der Waals surface area contributed by atoms with Crippen LogP contribution in [-0.4, -0.2) is 30.3 Å². The third-order valence-corrected chi connectivity index (χ3v) is 2.36. The van der Waals surface area contributed by atoms with Crippen molar-refractivity contribution >= 4 is 11.6 Å². The second-order valence-corrected chi connectivity index (χ2v) is 4.40. The number of aliphatic hydroxyl groups excluding tert-OH is 1. The lowest BCUT2D eigenvalue weighted by Crippen LogP contribution is -2.21. The van der Waals surface area contributed by atoms with Gasteiger partial charge in [-0.25, -0.2) is 0 Å². The van der Waals surface area contributed by atoms with Crippen molar-refractivity contribution in [1.82, 2.24) is 0 Å². The number of hydrogen-bond donors (Lipinski definition) is 2. The van der Waals surface area contributed by atoms with E-state index in [9.17, 15) is 4.79 Å². The van der Waals surface area contributed by atoms with E-state index in [-0.39, 0.29) is 25.2 Å². The lowest BCUT2D eigenvalue weighted by atomic mass is 10.1. The van der Waals surface area contributed by atoms with Gasteiger partial charge in [0.25, 0.3) is 0 Å². The minimum Gasteiger partial charge on any atom is -0.384 e. The largest absolute Gasteiger partial charge is 0.384 e. The number of aryl methyl sites for hydroxylation is 1. The Kier molecular flexibility index (Phi) is 6.07. The van der Waals surface area contributed by atoms with Gasteiger partial charge in [0.05, 0.1) is 6.10 Å². The van der Waals surface area contributed by atoms with Gasteiger partial charge < -0.3 is 15.2 Å². The van der Waals surface area contributed by atoms with E-state index in [4.69, 9.17) is 9.84 Å². The number of aliphatic hydroxyl groups is 1. The zero-order valence-corrected chi connectivity index (χ0v) is 11.5. The molecule has 0 spiro atoms. The van der Waals surface area contributed by atoms with E-state index in [1.807, 2.05) is 26.8 Å². The summed E-state index contributed by atoms with van der Waals surface area (Å²) >= 11 is 0.